The lowest BCUT2D eigenvalue weighted by Crippen LogP contribution is -2.34. The minimum absolute atomic E-state index is 0.289. The molecular formula is C27H19FN4O. The zero-order valence-corrected chi connectivity index (χ0v) is 18.1. The van der Waals surface area contributed by atoms with Crippen molar-refractivity contribution in [2.75, 3.05) is 5.32 Å². The van der Waals surface area contributed by atoms with E-state index in [-0.39, 0.29) is 11.4 Å². The molecule has 0 atom stereocenters. The van der Waals surface area contributed by atoms with E-state index < -0.39 is 0 Å². The van der Waals surface area contributed by atoms with Crippen LogP contribution in [0.2, 0.25) is 0 Å². The second-order valence-corrected chi connectivity index (χ2v) is 7.94. The number of nitrogens with one attached hydrogen (secondary N) is 1. The van der Waals surface area contributed by atoms with Gasteiger partial charge in [-0.05, 0) is 66.9 Å². The molecule has 0 fully saturated rings. The lowest BCUT2D eigenvalue weighted by molar-refractivity contribution is 0.628. The number of anilines is 1. The quantitative estimate of drug-likeness (QED) is 0.446. The van der Waals surface area contributed by atoms with E-state index in [2.05, 4.69) is 16.4 Å². The van der Waals surface area contributed by atoms with Crippen LogP contribution in [-0.4, -0.2) is 9.38 Å². The fraction of sp³-hybridized carbons (Fsp3) is 0.0741. The van der Waals surface area contributed by atoms with E-state index in [1.807, 2.05) is 56.3 Å². The number of pyridine rings is 1. The third-order valence-electron chi connectivity index (χ3n) is 5.85. The minimum Gasteiger partial charge on any atom is -0.361 e. The Labute approximate surface area is 189 Å². The van der Waals surface area contributed by atoms with Gasteiger partial charge < -0.3 is 5.32 Å². The van der Waals surface area contributed by atoms with Gasteiger partial charge in [0, 0.05) is 17.5 Å². The Balaban J connectivity index is 1.91. The van der Waals surface area contributed by atoms with Crippen LogP contribution in [0, 0.1) is 31.0 Å². The number of fused-ring (bicyclic) bond motifs is 3. The Bertz CT molecular complexity index is 1680. The van der Waals surface area contributed by atoms with Crippen molar-refractivity contribution in [2.45, 2.75) is 13.8 Å². The Kier molecular flexibility index (Phi) is 4.87. The van der Waals surface area contributed by atoms with E-state index in [1.54, 1.807) is 18.3 Å². The van der Waals surface area contributed by atoms with Gasteiger partial charge in [0.1, 0.15) is 17.4 Å². The molecule has 0 bridgehead atoms. The molecular weight excluding hydrogens is 415 g/mol. The molecule has 5 rings (SSSR count). The van der Waals surface area contributed by atoms with Crippen LogP contribution in [0.5, 0.6) is 0 Å². The molecule has 0 spiro atoms. The molecule has 33 heavy (non-hydrogen) atoms. The highest BCUT2D eigenvalue weighted by Gasteiger charge is 2.20. The molecule has 0 radical (unpaired) electrons. The van der Waals surface area contributed by atoms with Gasteiger partial charge in [-0.25, -0.2) is 9.37 Å². The molecule has 0 aliphatic carbocycles. The number of aryl methyl sites for hydroxylation is 2. The molecule has 5 aromatic rings. The van der Waals surface area contributed by atoms with Crippen molar-refractivity contribution < 1.29 is 4.39 Å². The largest absolute Gasteiger partial charge is 0.361 e. The average molecular weight is 434 g/mol. The maximum Gasteiger partial charge on any atom is 0.266 e. The molecule has 0 unspecified atom stereocenters. The van der Waals surface area contributed by atoms with Gasteiger partial charge in [0.2, 0.25) is 0 Å². The highest BCUT2D eigenvalue weighted by Crippen LogP contribution is 2.26. The zero-order valence-electron chi connectivity index (χ0n) is 18.1. The first-order valence-electron chi connectivity index (χ1n) is 10.4. The highest BCUT2D eigenvalue weighted by atomic mass is 19.1. The molecule has 2 heterocycles. The Morgan fingerprint density at radius 3 is 2.42 bits per heavy atom. The number of rotatable bonds is 3. The summed E-state index contributed by atoms with van der Waals surface area (Å²) in [5.41, 5.74) is 5.64. The Hall–Kier alpha value is -4.50. The van der Waals surface area contributed by atoms with Crippen LogP contribution < -0.4 is 16.1 Å². The SMILES string of the molecule is Cc1cc2nc3c(C#N)c(-c4ccccc4)/c(=C\Nc4ccc(F)cc4)c(=O)n3c2cc1C. The maximum atomic E-state index is 13.8. The number of hydrogen-bond donors (Lipinski definition) is 1. The van der Waals surface area contributed by atoms with E-state index in [1.165, 1.54) is 16.5 Å². The molecule has 0 aliphatic heterocycles. The summed E-state index contributed by atoms with van der Waals surface area (Å²) in [6.07, 6.45) is 1.57. The summed E-state index contributed by atoms with van der Waals surface area (Å²) < 4.78 is 14.8. The molecule has 0 saturated carbocycles. The van der Waals surface area contributed by atoms with Crippen LogP contribution in [0.1, 0.15) is 16.7 Å². The summed E-state index contributed by atoms with van der Waals surface area (Å²) in [6.45, 7) is 3.97. The van der Waals surface area contributed by atoms with E-state index in [0.717, 1.165) is 16.7 Å². The van der Waals surface area contributed by atoms with Gasteiger partial charge in [0.05, 0.1) is 16.3 Å². The number of nitriles is 1. The predicted molar refractivity (Wildman–Crippen MR) is 128 cm³/mol. The third-order valence-corrected chi connectivity index (χ3v) is 5.85. The van der Waals surface area contributed by atoms with Crippen LogP contribution in [0.4, 0.5) is 10.1 Å². The number of halogens is 1. The number of aromatic nitrogens is 2. The standard InChI is InChI=1S/C27H19FN4O/c1-16-12-23-24(13-17(16)2)32-26(31-23)21(14-29)25(18-6-4-3-5-7-18)22(27(32)33)15-30-20-10-8-19(28)9-11-20/h3-13,15,30H,1-2H3/b22-15+. The predicted octanol–water partition coefficient (Wildman–Crippen LogP) is 4.71. The van der Waals surface area contributed by atoms with E-state index in [4.69, 9.17) is 0 Å². The number of hydrogen-bond acceptors (Lipinski definition) is 4. The van der Waals surface area contributed by atoms with Gasteiger partial charge in [-0.3, -0.25) is 9.20 Å². The molecule has 0 saturated heterocycles. The number of nitrogens with zero attached hydrogens (tertiary/aromatic N) is 3. The second kappa shape index (κ2) is 7.88. The smallest absolute Gasteiger partial charge is 0.266 e. The molecule has 2 aromatic heterocycles. The van der Waals surface area contributed by atoms with Crippen LogP contribution in [-0.2, 0) is 0 Å². The zero-order chi connectivity index (χ0) is 23.1. The van der Waals surface area contributed by atoms with Crippen LogP contribution >= 0.6 is 0 Å². The first-order chi connectivity index (χ1) is 16.0. The van der Waals surface area contributed by atoms with Gasteiger partial charge in [-0.2, -0.15) is 5.26 Å². The highest BCUT2D eigenvalue weighted by molar-refractivity contribution is 5.88. The van der Waals surface area contributed by atoms with Crippen LogP contribution in [0.3, 0.4) is 0 Å². The Morgan fingerprint density at radius 2 is 1.73 bits per heavy atom. The van der Waals surface area contributed by atoms with Crippen molar-refractivity contribution in [2.24, 2.45) is 0 Å². The first kappa shape index (κ1) is 20.4. The molecule has 1 N–H and O–H groups in total. The first-order valence-corrected chi connectivity index (χ1v) is 10.4. The average Bonchev–Trinajstić information content (AvgIpc) is 3.18. The topological polar surface area (TPSA) is 70.2 Å². The van der Waals surface area contributed by atoms with Gasteiger partial charge in [0.25, 0.3) is 5.56 Å². The lowest BCUT2D eigenvalue weighted by Gasteiger charge is -2.09. The fourth-order valence-corrected chi connectivity index (χ4v) is 4.03. The van der Waals surface area contributed by atoms with Crippen molar-refractivity contribution in [1.29, 1.82) is 5.26 Å². The van der Waals surface area contributed by atoms with Crippen molar-refractivity contribution in [3.63, 3.8) is 0 Å². The maximum absolute atomic E-state index is 13.8. The fourth-order valence-electron chi connectivity index (χ4n) is 4.03. The minimum atomic E-state index is -0.348. The molecule has 0 amide bonds. The normalized spacial score (nSPS) is 11.8. The number of benzene rings is 3. The monoisotopic (exact) mass is 434 g/mol. The Morgan fingerprint density at radius 1 is 1.03 bits per heavy atom. The summed E-state index contributed by atoms with van der Waals surface area (Å²) in [5, 5.41) is 13.6. The van der Waals surface area contributed by atoms with E-state index >= 15 is 0 Å². The number of imidazole rings is 1. The molecule has 160 valence electrons. The van der Waals surface area contributed by atoms with Crippen LogP contribution in [0.25, 0.3) is 34.0 Å². The summed E-state index contributed by atoms with van der Waals surface area (Å²) in [6, 6.07) is 21.3. The van der Waals surface area contributed by atoms with Crippen molar-refractivity contribution in [1.82, 2.24) is 9.38 Å². The summed E-state index contributed by atoms with van der Waals surface area (Å²) in [5.74, 6) is -0.348. The van der Waals surface area contributed by atoms with Crippen LogP contribution in [0.15, 0.2) is 71.5 Å². The van der Waals surface area contributed by atoms with Gasteiger partial charge >= 0.3 is 0 Å². The summed E-state index contributed by atoms with van der Waals surface area (Å²) in [7, 11) is 0. The van der Waals surface area contributed by atoms with Gasteiger partial charge in [-0.1, -0.05) is 30.3 Å². The van der Waals surface area contributed by atoms with Crippen molar-refractivity contribution >= 4 is 28.6 Å². The lowest BCUT2D eigenvalue weighted by atomic mass is 9.99. The van der Waals surface area contributed by atoms with Crippen molar-refractivity contribution in [3.05, 3.63) is 105 Å². The van der Waals surface area contributed by atoms with Crippen molar-refractivity contribution in [3.8, 4) is 17.2 Å². The molecule has 5 nitrogen and oxygen atoms in total. The molecule has 3 aromatic carbocycles. The second-order valence-electron chi connectivity index (χ2n) is 7.94. The summed E-state index contributed by atoms with van der Waals surface area (Å²) in [4.78, 5) is 18.5. The molecule has 6 heteroatoms. The summed E-state index contributed by atoms with van der Waals surface area (Å²) >= 11 is 0. The van der Waals surface area contributed by atoms with Gasteiger partial charge in [0.15, 0.2) is 5.65 Å². The third kappa shape index (κ3) is 3.40. The molecule has 0 aliphatic rings. The van der Waals surface area contributed by atoms with E-state index in [9.17, 15) is 14.4 Å². The van der Waals surface area contributed by atoms with Gasteiger partial charge in [-0.15, -0.1) is 0 Å². The van der Waals surface area contributed by atoms with E-state index in [0.29, 0.717) is 38.7 Å².